The van der Waals surface area contributed by atoms with E-state index in [0.29, 0.717) is 12.9 Å². The van der Waals surface area contributed by atoms with Crippen molar-refractivity contribution in [3.05, 3.63) is 0 Å². The summed E-state index contributed by atoms with van der Waals surface area (Å²) in [6, 6.07) is 0. The average molecular weight is 237 g/mol. The number of unbranched alkanes of at least 4 members (excludes halogenated alkanes) is 1. The Morgan fingerprint density at radius 2 is 2.33 bits per heavy atom. The lowest BCUT2D eigenvalue weighted by Crippen LogP contribution is -2.12. The monoisotopic (exact) mass is 236 g/mol. The fraction of sp³-hybridized carbons (Fsp3) is 0.750. The van der Waals surface area contributed by atoms with E-state index in [2.05, 4.69) is 15.9 Å². The van der Waals surface area contributed by atoms with Crippen molar-refractivity contribution in [1.82, 2.24) is 0 Å². The molecule has 0 aromatic rings. The van der Waals surface area contributed by atoms with Gasteiger partial charge in [0.1, 0.15) is 6.29 Å². The van der Waals surface area contributed by atoms with Gasteiger partial charge in [0.2, 0.25) is 0 Å². The minimum Gasteiger partial charge on any atom is -0.466 e. The Bertz CT molecular complexity index is 147. The van der Waals surface area contributed by atoms with E-state index in [1.54, 1.807) is 0 Å². The number of rotatable bonds is 6. The second-order valence-corrected chi connectivity index (χ2v) is 3.61. The Kier molecular flexibility index (Phi) is 7.05. The van der Waals surface area contributed by atoms with Crippen molar-refractivity contribution in [2.45, 2.75) is 31.0 Å². The molecule has 0 aliphatic rings. The first kappa shape index (κ1) is 11.6. The summed E-state index contributed by atoms with van der Waals surface area (Å²) in [7, 11) is 0. The van der Waals surface area contributed by atoms with Gasteiger partial charge in [0.25, 0.3) is 0 Å². The van der Waals surface area contributed by atoms with Gasteiger partial charge in [-0.15, -0.1) is 0 Å². The van der Waals surface area contributed by atoms with Crippen LogP contribution in [0.25, 0.3) is 0 Å². The molecule has 0 saturated heterocycles. The van der Waals surface area contributed by atoms with E-state index in [-0.39, 0.29) is 12.4 Å². The van der Waals surface area contributed by atoms with Gasteiger partial charge in [-0.05, 0) is 6.42 Å². The Morgan fingerprint density at radius 1 is 1.67 bits per heavy atom. The number of hydrogen-bond acceptors (Lipinski definition) is 3. The molecule has 4 heteroatoms. The molecule has 1 unspecified atom stereocenters. The number of ether oxygens (including phenoxy) is 1. The van der Waals surface area contributed by atoms with Gasteiger partial charge in [-0.2, -0.15) is 0 Å². The summed E-state index contributed by atoms with van der Waals surface area (Å²) >= 11 is 3.02. The van der Waals surface area contributed by atoms with Crippen molar-refractivity contribution in [2.24, 2.45) is 0 Å². The average Bonchev–Trinajstić information content (AvgIpc) is 2.05. The largest absolute Gasteiger partial charge is 0.466 e. The van der Waals surface area contributed by atoms with Gasteiger partial charge in [-0.3, -0.25) is 4.79 Å². The predicted octanol–water partition coefficient (Wildman–Crippen LogP) is 1.68. The lowest BCUT2D eigenvalue weighted by Gasteiger charge is -2.03. The van der Waals surface area contributed by atoms with Crippen LogP contribution in [-0.4, -0.2) is 23.7 Å². The lowest BCUT2D eigenvalue weighted by molar-refractivity contribution is -0.144. The van der Waals surface area contributed by atoms with E-state index < -0.39 is 4.83 Å². The van der Waals surface area contributed by atoms with Gasteiger partial charge in [-0.1, -0.05) is 29.3 Å². The van der Waals surface area contributed by atoms with Gasteiger partial charge in [0.05, 0.1) is 17.9 Å². The van der Waals surface area contributed by atoms with Crippen LogP contribution in [0.1, 0.15) is 26.2 Å². The first-order valence-corrected chi connectivity index (χ1v) is 4.87. The molecule has 0 radical (unpaired) electrons. The maximum Gasteiger partial charge on any atom is 0.307 e. The topological polar surface area (TPSA) is 43.4 Å². The van der Waals surface area contributed by atoms with Crippen LogP contribution in [0.15, 0.2) is 0 Å². The minimum absolute atomic E-state index is 0.118. The zero-order valence-corrected chi connectivity index (χ0v) is 8.67. The molecule has 0 bridgehead atoms. The molecular formula is C8H13BrO3. The quantitative estimate of drug-likeness (QED) is 0.305. The second kappa shape index (κ2) is 7.28. The van der Waals surface area contributed by atoms with E-state index in [0.717, 1.165) is 12.8 Å². The van der Waals surface area contributed by atoms with Gasteiger partial charge in [0, 0.05) is 0 Å². The number of halogens is 1. The molecule has 0 aliphatic heterocycles. The highest BCUT2D eigenvalue weighted by molar-refractivity contribution is 9.10. The summed E-state index contributed by atoms with van der Waals surface area (Å²) in [5, 5.41) is 0. The third kappa shape index (κ3) is 6.34. The molecule has 0 saturated carbocycles. The molecule has 0 fully saturated rings. The highest BCUT2D eigenvalue weighted by atomic mass is 79.9. The summed E-state index contributed by atoms with van der Waals surface area (Å²) in [5.41, 5.74) is 0. The van der Waals surface area contributed by atoms with Gasteiger partial charge in [0.15, 0.2) is 0 Å². The Morgan fingerprint density at radius 3 is 2.83 bits per heavy atom. The lowest BCUT2D eigenvalue weighted by atomic mass is 10.3. The van der Waals surface area contributed by atoms with Crippen molar-refractivity contribution in [2.75, 3.05) is 6.61 Å². The van der Waals surface area contributed by atoms with Crippen LogP contribution in [0.3, 0.4) is 0 Å². The Balaban J connectivity index is 3.39. The smallest absolute Gasteiger partial charge is 0.307 e. The summed E-state index contributed by atoms with van der Waals surface area (Å²) in [4.78, 5) is 20.6. The van der Waals surface area contributed by atoms with Gasteiger partial charge < -0.3 is 9.53 Å². The molecule has 0 rings (SSSR count). The fourth-order valence-electron chi connectivity index (χ4n) is 0.597. The number of hydrogen-bond donors (Lipinski definition) is 0. The third-order valence-corrected chi connectivity index (χ3v) is 1.81. The molecule has 0 aliphatic carbocycles. The van der Waals surface area contributed by atoms with E-state index >= 15 is 0 Å². The zero-order chi connectivity index (χ0) is 9.40. The van der Waals surface area contributed by atoms with Crippen LogP contribution in [0.2, 0.25) is 0 Å². The number of carbonyl (C=O) groups excluding carboxylic acids is 2. The van der Waals surface area contributed by atoms with Crippen LogP contribution in [0, 0.1) is 0 Å². The SMILES string of the molecule is CCCCOC(=O)CC(Br)C=O. The van der Waals surface area contributed by atoms with Crippen LogP contribution in [-0.2, 0) is 14.3 Å². The highest BCUT2D eigenvalue weighted by Crippen LogP contribution is 2.03. The van der Waals surface area contributed by atoms with Crippen LogP contribution in [0.5, 0.6) is 0 Å². The maximum atomic E-state index is 10.9. The van der Waals surface area contributed by atoms with Gasteiger partial charge in [-0.25, -0.2) is 0 Å². The first-order valence-electron chi connectivity index (χ1n) is 3.95. The molecule has 0 aromatic carbocycles. The van der Waals surface area contributed by atoms with Gasteiger partial charge >= 0.3 is 5.97 Å². The van der Waals surface area contributed by atoms with E-state index in [1.165, 1.54) is 0 Å². The maximum absolute atomic E-state index is 10.9. The number of alkyl halides is 1. The summed E-state index contributed by atoms with van der Waals surface area (Å²) in [5.74, 6) is -0.322. The summed E-state index contributed by atoms with van der Waals surface area (Å²) < 4.78 is 4.83. The summed E-state index contributed by atoms with van der Waals surface area (Å²) in [6.07, 6.45) is 2.67. The van der Waals surface area contributed by atoms with Crippen LogP contribution < -0.4 is 0 Å². The molecule has 12 heavy (non-hydrogen) atoms. The zero-order valence-electron chi connectivity index (χ0n) is 7.09. The van der Waals surface area contributed by atoms with Crippen molar-refractivity contribution in [3.8, 4) is 0 Å². The predicted molar refractivity (Wildman–Crippen MR) is 49.3 cm³/mol. The number of carbonyl (C=O) groups is 2. The van der Waals surface area contributed by atoms with Crippen LogP contribution in [0.4, 0.5) is 0 Å². The third-order valence-electron chi connectivity index (χ3n) is 1.27. The fourth-order valence-corrected chi connectivity index (χ4v) is 0.861. The highest BCUT2D eigenvalue weighted by Gasteiger charge is 2.09. The molecule has 0 N–H and O–H groups in total. The molecule has 0 aromatic heterocycles. The molecule has 70 valence electrons. The molecule has 0 spiro atoms. The molecule has 3 nitrogen and oxygen atoms in total. The van der Waals surface area contributed by atoms with E-state index in [1.807, 2.05) is 6.92 Å². The van der Waals surface area contributed by atoms with Crippen molar-refractivity contribution >= 4 is 28.2 Å². The van der Waals surface area contributed by atoms with Crippen LogP contribution >= 0.6 is 15.9 Å². The first-order chi connectivity index (χ1) is 5.70. The normalized spacial score (nSPS) is 12.2. The van der Waals surface area contributed by atoms with Crippen molar-refractivity contribution < 1.29 is 14.3 Å². The van der Waals surface area contributed by atoms with E-state index in [4.69, 9.17) is 4.74 Å². The Hall–Kier alpha value is -0.380. The van der Waals surface area contributed by atoms with E-state index in [9.17, 15) is 9.59 Å². The minimum atomic E-state index is -0.411. The Labute approximate surface area is 80.6 Å². The molecule has 1 atom stereocenters. The van der Waals surface area contributed by atoms with Crippen molar-refractivity contribution in [3.63, 3.8) is 0 Å². The standard InChI is InChI=1S/C8H13BrO3/c1-2-3-4-12-8(11)5-7(9)6-10/h6-7H,2-5H2,1H3. The second-order valence-electron chi connectivity index (χ2n) is 2.43. The number of aldehydes is 1. The number of esters is 1. The van der Waals surface area contributed by atoms with Crippen molar-refractivity contribution in [1.29, 1.82) is 0 Å². The summed E-state index contributed by atoms with van der Waals surface area (Å²) in [6.45, 7) is 2.47. The molecule has 0 heterocycles. The molecular weight excluding hydrogens is 224 g/mol. The molecule has 0 amide bonds.